The van der Waals surface area contributed by atoms with Crippen LogP contribution in [0.1, 0.15) is 0 Å². The SMILES string of the molecule is Fc1ccc(-c2cc(-c3cccc(-c4ccc5ccc6cccc7ccc4c5c67)c3)cc(-c3cccc(-c4ccc5ccc6cccc7ccc4c5c67)c3)c2)cc1. The molecule has 12 rings (SSSR count). The van der Waals surface area contributed by atoms with Gasteiger partial charge in [-0.25, -0.2) is 4.39 Å². The zero-order valence-electron chi connectivity index (χ0n) is 30.9. The zero-order valence-corrected chi connectivity index (χ0v) is 30.9. The van der Waals surface area contributed by atoms with Gasteiger partial charge in [-0.15, -0.1) is 0 Å². The van der Waals surface area contributed by atoms with Crippen LogP contribution in [0.2, 0.25) is 0 Å². The van der Waals surface area contributed by atoms with Crippen molar-refractivity contribution in [2.75, 3.05) is 0 Å². The highest BCUT2D eigenvalue weighted by atomic mass is 19.1. The summed E-state index contributed by atoms with van der Waals surface area (Å²) in [7, 11) is 0. The van der Waals surface area contributed by atoms with Gasteiger partial charge in [-0.05, 0) is 163 Å². The standard InChI is InChI=1S/C56H33F/c57-48-23-17-34(18-24-48)45-31-46(41-9-3-11-43(29-41)49-25-19-39-15-13-35-5-1-7-37-21-27-51(49)55(39)53(35)37)33-47(32-45)42-10-4-12-44(30-42)50-26-20-40-16-14-36-6-2-8-38-22-28-52(50)56(40)54(36)38/h1-33H. The summed E-state index contributed by atoms with van der Waals surface area (Å²) in [5, 5.41) is 15.4. The van der Waals surface area contributed by atoms with Crippen molar-refractivity contribution >= 4 is 64.6 Å². The maximum atomic E-state index is 14.2. The lowest BCUT2D eigenvalue weighted by molar-refractivity contribution is 0.628. The van der Waals surface area contributed by atoms with Gasteiger partial charge in [0, 0.05) is 0 Å². The molecule has 12 aromatic rings. The van der Waals surface area contributed by atoms with Gasteiger partial charge in [0.05, 0.1) is 0 Å². The van der Waals surface area contributed by atoms with Crippen molar-refractivity contribution in [3.8, 4) is 55.6 Å². The van der Waals surface area contributed by atoms with Crippen LogP contribution >= 0.6 is 0 Å². The maximum Gasteiger partial charge on any atom is 0.123 e. The summed E-state index contributed by atoms with van der Waals surface area (Å²) >= 11 is 0. The Morgan fingerprint density at radius 1 is 0.228 bits per heavy atom. The monoisotopic (exact) mass is 724 g/mol. The molecule has 1 heteroatoms. The van der Waals surface area contributed by atoms with E-state index in [2.05, 4.69) is 176 Å². The minimum absolute atomic E-state index is 0.239. The third-order valence-corrected chi connectivity index (χ3v) is 12.2. The second-order valence-corrected chi connectivity index (χ2v) is 15.4. The quantitative estimate of drug-likeness (QED) is 0.155. The van der Waals surface area contributed by atoms with Crippen molar-refractivity contribution < 1.29 is 4.39 Å². The van der Waals surface area contributed by atoms with Gasteiger partial charge in [-0.2, -0.15) is 0 Å². The number of hydrogen-bond donors (Lipinski definition) is 0. The van der Waals surface area contributed by atoms with Crippen LogP contribution in [0.15, 0.2) is 200 Å². The minimum Gasteiger partial charge on any atom is -0.207 e. The molecule has 0 aliphatic carbocycles. The largest absolute Gasteiger partial charge is 0.207 e. The lowest BCUT2D eigenvalue weighted by Crippen LogP contribution is -1.90. The Morgan fingerprint density at radius 3 is 1.02 bits per heavy atom. The van der Waals surface area contributed by atoms with Gasteiger partial charge in [0.2, 0.25) is 0 Å². The van der Waals surface area contributed by atoms with E-state index in [-0.39, 0.29) is 5.82 Å². The Kier molecular flexibility index (Phi) is 6.91. The molecule has 0 aliphatic heterocycles. The summed E-state index contributed by atoms with van der Waals surface area (Å²) in [6.07, 6.45) is 0. The smallest absolute Gasteiger partial charge is 0.123 e. The van der Waals surface area contributed by atoms with Crippen LogP contribution in [0.5, 0.6) is 0 Å². The maximum absolute atomic E-state index is 14.2. The van der Waals surface area contributed by atoms with E-state index in [4.69, 9.17) is 0 Å². The normalized spacial score (nSPS) is 11.9. The molecule has 0 aromatic heterocycles. The molecule has 12 aromatic carbocycles. The topological polar surface area (TPSA) is 0 Å². The Balaban J connectivity index is 1.01. The van der Waals surface area contributed by atoms with Gasteiger partial charge >= 0.3 is 0 Å². The molecule has 0 unspecified atom stereocenters. The van der Waals surface area contributed by atoms with Gasteiger partial charge in [0.15, 0.2) is 0 Å². The third kappa shape index (κ3) is 5.06. The van der Waals surface area contributed by atoms with Gasteiger partial charge < -0.3 is 0 Å². The van der Waals surface area contributed by atoms with Gasteiger partial charge in [-0.1, -0.05) is 158 Å². The van der Waals surface area contributed by atoms with Crippen molar-refractivity contribution in [1.29, 1.82) is 0 Å². The molecule has 0 nitrogen and oxygen atoms in total. The fourth-order valence-electron chi connectivity index (χ4n) is 9.48. The van der Waals surface area contributed by atoms with E-state index in [0.717, 1.165) is 33.4 Å². The van der Waals surface area contributed by atoms with Crippen LogP contribution in [-0.2, 0) is 0 Å². The summed E-state index contributed by atoms with van der Waals surface area (Å²) in [5.41, 5.74) is 11.3. The summed E-state index contributed by atoms with van der Waals surface area (Å²) in [6.45, 7) is 0. The predicted octanol–water partition coefficient (Wildman–Crippen LogP) is 16.0. The molecule has 264 valence electrons. The van der Waals surface area contributed by atoms with Crippen LogP contribution in [0, 0.1) is 5.82 Å². The average Bonchev–Trinajstić information content (AvgIpc) is 3.27. The van der Waals surface area contributed by atoms with Crippen LogP contribution < -0.4 is 0 Å². The number of benzene rings is 12. The van der Waals surface area contributed by atoms with Crippen LogP contribution in [0.3, 0.4) is 0 Å². The molecule has 0 radical (unpaired) electrons. The fraction of sp³-hybridized carbons (Fsp3) is 0. The lowest BCUT2D eigenvalue weighted by atomic mass is 9.88. The molecule has 0 N–H and O–H groups in total. The van der Waals surface area contributed by atoms with E-state index in [9.17, 15) is 4.39 Å². The van der Waals surface area contributed by atoms with Crippen LogP contribution in [0.4, 0.5) is 4.39 Å². The van der Waals surface area contributed by atoms with Gasteiger partial charge in [0.25, 0.3) is 0 Å². The van der Waals surface area contributed by atoms with Crippen molar-refractivity contribution in [1.82, 2.24) is 0 Å². The molecule has 0 spiro atoms. The van der Waals surface area contributed by atoms with Crippen molar-refractivity contribution in [3.05, 3.63) is 206 Å². The number of rotatable bonds is 5. The molecule has 57 heavy (non-hydrogen) atoms. The first-order valence-electron chi connectivity index (χ1n) is 19.6. The lowest BCUT2D eigenvalue weighted by Gasteiger charge is -2.16. The molecule has 0 saturated carbocycles. The second kappa shape index (κ2) is 12.3. The predicted molar refractivity (Wildman–Crippen MR) is 241 cm³/mol. The Labute approximate surface area is 329 Å². The second-order valence-electron chi connectivity index (χ2n) is 15.4. The Morgan fingerprint density at radius 2 is 0.561 bits per heavy atom. The highest BCUT2D eigenvalue weighted by Gasteiger charge is 2.16. The van der Waals surface area contributed by atoms with E-state index < -0.39 is 0 Å². The molecular weight excluding hydrogens is 692 g/mol. The molecule has 0 amide bonds. The van der Waals surface area contributed by atoms with Crippen LogP contribution in [0.25, 0.3) is 120 Å². The highest BCUT2D eigenvalue weighted by Crippen LogP contribution is 2.43. The molecule has 0 bridgehead atoms. The van der Waals surface area contributed by atoms with Crippen molar-refractivity contribution in [2.45, 2.75) is 0 Å². The van der Waals surface area contributed by atoms with Gasteiger partial charge in [-0.3, -0.25) is 0 Å². The summed E-state index contributed by atoms with van der Waals surface area (Å²) in [4.78, 5) is 0. The summed E-state index contributed by atoms with van der Waals surface area (Å²) in [6, 6.07) is 71.7. The fourth-order valence-corrected chi connectivity index (χ4v) is 9.48. The van der Waals surface area contributed by atoms with E-state index in [0.29, 0.717) is 0 Å². The molecular formula is C56H33F. The summed E-state index contributed by atoms with van der Waals surface area (Å²) in [5.74, 6) is -0.239. The molecule has 0 heterocycles. The Hall–Kier alpha value is -7.35. The van der Waals surface area contributed by atoms with Gasteiger partial charge in [0.1, 0.15) is 5.82 Å². The van der Waals surface area contributed by atoms with Crippen molar-refractivity contribution in [3.63, 3.8) is 0 Å². The molecule has 0 aliphatic rings. The first-order valence-corrected chi connectivity index (χ1v) is 19.6. The van der Waals surface area contributed by atoms with E-state index in [1.165, 1.54) is 86.9 Å². The zero-order chi connectivity index (χ0) is 37.6. The first kappa shape index (κ1) is 31.9. The Bertz CT molecular complexity index is 3280. The average molecular weight is 725 g/mol. The summed E-state index contributed by atoms with van der Waals surface area (Å²) < 4.78 is 14.2. The van der Waals surface area contributed by atoms with E-state index in [1.54, 1.807) is 12.1 Å². The third-order valence-electron chi connectivity index (χ3n) is 12.2. The number of halogens is 1. The van der Waals surface area contributed by atoms with Crippen molar-refractivity contribution in [2.24, 2.45) is 0 Å². The van der Waals surface area contributed by atoms with E-state index in [1.807, 2.05) is 12.1 Å². The number of hydrogen-bond acceptors (Lipinski definition) is 0. The highest BCUT2D eigenvalue weighted by molar-refractivity contribution is 6.26. The minimum atomic E-state index is -0.239. The molecule has 0 fully saturated rings. The van der Waals surface area contributed by atoms with E-state index >= 15 is 0 Å². The molecule has 0 atom stereocenters. The molecule has 0 saturated heterocycles. The first-order chi connectivity index (χ1) is 28.1. The van der Waals surface area contributed by atoms with Crippen LogP contribution in [-0.4, -0.2) is 0 Å².